The summed E-state index contributed by atoms with van der Waals surface area (Å²) in [5.74, 6) is 0. The zero-order valence-corrected chi connectivity index (χ0v) is 24.5. The Bertz CT molecular complexity index is 1150. The van der Waals surface area contributed by atoms with Crippen LogP contribution in [0.3, 0.4) is 0 Å². The molecule has 216 valence electrons. The van der Waals surface area contributed by atoms with E-state index in [1.165, 1.54) is 25.3 Å². The van der Waals surface area contributed by atoms with Crippen LogP contribution in [0, 0.1) is 32.8 Å². The van der Waals surface area contributed by atoms with Crippen LogP contribution in [-0.2, 0) is 9.47 Å². The van der Waals surface area contributed by atoms with E-state index in [4.69, 9.17) is 31.6 Å². The topological polar surface area (TPSA) is 116 Å². The van der Waals surface area contributed by atoms with Crippen molar-refractivity contribution in [2.24, 2.45) is 0 Å². The molecule has 9 nitrogen and oxygen atoms in total. The molecule has 0 aliphatic heterocycles. The van der Waals surface area contributed by atoms with Crippen molar-refractivity contribution in [3.05, 3.63) is 62.7 Å². The number of halogens is 1. The Hall–Kier alpha value is -3.37. The summed E-state index contributed by atoms with van der Waals surface area (Å²) >= 11 is 6.25. The Labute approximate surface area is 243 Å². The standard InChI is InChI=1S/C15H21ClN2O2.C15H19N3O2/c1-3-19-9-7-18(8-10-20-4-2)15-6-5-13(12-17)11-14(15)16;1-2-17(13-6-4-3-5-7-13)14-9-8-12(11-16)15(10-14)18(19)20/h5-6,11H,3-4,7-10H2,1-2H3;8-10,13H,2-7H2,1H3. The Morgan fingerprint density at radius 3 is 2.12 bits per heavy atom. The molecule has 0 aromatic heterocycles. The van der Waals surface area contributed by atoms with E-state index in [0.717, 1.165) is 43.9 Å². The van der Waals surface area contributed by atoms with Crippen LogP contribution in [-0.4, -0.2) is 57.0 Å². The zero-order valence-electron chi connectivity index (χ0n) is 23.8. The summed E-state index contributed by atoms with van der Waals surface area (Å²) in [6.07, 6.45) is 6.00. The van der Waals surface area contributed by atoms with Gasteiger partial charge in [-0.2, -0.15) is 10.5 Å². The number of nitro groups is 1. The second-order valence-electron chi connectivity index (χ2n) is 9.31. The number of ether oxygens (including phenoxy) is 2. The van der Waals surface area contributed by atoms with E-state index in [-0.39, 0.29) is 11.3 Å². The number of anilines is 2. The molecular weight excluding hydrogens is 530 g/mol. The third kappa shape index (κ3) is 9.98. The van der Waals surface area contributed by atoms with Crippen molar-refractivity contribution in [1.29, 1.82) is 10.5 Å². The van der Waals surface area contributed by atoms with Crippen molar-refractivity contribution >= 4 is 28.7 Å². The molecule has 0 spiro atoms. The molecular formula is C30H40ClN5O4. The highest BCUT2D eigenvalue weighted by Crippen LogP contribution is 2.31. The third-order valence-corrected chi connectivity index (χ3v) is 7.13. The number of nitrogens with zero attached hydrogens (tertiary/aromatic N) is 5. The van der Waals surface area contributed by atoms with Crippen LogP contribution in [0.5, 0.6) is 0 Å². The van der Waals surface area contributed by atoms with Crippen LogP contribution in [0.25, 0.3) is 0 Å². The van der Waals surface area contributed by atoms with Crippen LogP contribution in [0.2, 0.25) is 5.02 Å². The lowest BCUT2D eigenvalue weighted by atomic mass is 9.93. The lowest BCUT2D eigenvalue weighted by molar-refractivity contribution is -0.385. The molecule has 1 aliphatic carbocycles. The molecule has 0 radical (unpaired) electrons. The summed E-state index contributed by atoms with van der Waals surface area (Å²) in [6.45, 7) is 11.0. The van der Waals surface area contributed by atoms with Crippen LogP contribution < -0.4 is 9.80 Å². The molecule has 1 saturated carbocycles. The van der Waals surface area contributed by atoms with E-state index in [0.29, 0.717) is 43.1 Å². The van der Waals surface area contributed by atoms with Gasteiger partial charge in [-0.15, -0.1) is 0 Å². The normalized spacial score (nSPS) is 12.9. The summed E-state index contributed by atoms with van der Waals surface area (Å²) in [7, 11) is 0. The molecule has 2 aromatic rings. The minimum atomic E-state index is -0.475. The molecule has 10 heteroatoms. The number of nitro benzene ring substituents is 1. The summed E-state index contributed by atoms with van der Waals surface area (Å²) in [4.78, 5) is 14.9. The number of nitriles is 2. The van der Waals surface area contributed by atoms with Gasteiger partial charge in [0.1, 0.15) is 11.6 Å². The number of rotatable bonds is 13. The molecule has 40 heavy (non-hydrogen) atoms. The highest BCUT2D eigenvalue weighted by molar-refractivity contribution is 6.33. The first-order chi connectivity index (χ1) is 19.4. The molecule has 0 bridgehead atoms. The first-order valence-corrected chi connectivity index (χ1v) is 14.3. The maximum Gasteiger partial charge on any atom is 0.289 e. The van der Waals surface area contributed by atoms with E-state index in [1.54, 1.807) is 18.2 Å². The predicted octanol–water partition coefficient (Wildman–Crippen LogP) is 6.72. The van der Waals surface area contributed by atoms with Crippen molar-refractivity contribution < 1.29 is 14.4 Å². The van der Waals surface area contributed by atoms with Crippen LogP contribution >= 0.6 is 11.6 Å². The van der Waals surface area contributed by atoms with Crippen LogP contribution in [0.4, 0.5) is 17.1 Å². The fourth-order valence-corrected chi connectivity index (χ4v) is 5.11. The minimum Gasteiger partial charge on any atom is -0.380 e. The van der Waals surface area contributed by atoms with Gasteiger partial charge >= 0.3 is 0 Å². The number of hydrogen-bond acceptors (Lipinski definition) is 8. The van der Waals surface area contributed by atoms with Gasteiger partial charge in [-0.25, -0.2) is 0 Å². The first-order valence-electron chi connectivity index (χ1n) is 13.9. The molecule has 0 saturated heterocycles. The molecule has 0 atom stereocenters. The lowest BCUT2D eigenvalue weighted by Crippen LogP contribution is -2.36. The lowest BCUT2D eigenvalue weighted by Gasteiger charge is -2.35. The van der Waals surface area contributed by atoms with Gasteiger partial charge in [-0.1, -0.05) is 30.9 Å². The zero-order chi connectivity index (χ0) is 29.3. The van der Waals surface area contributed by atoms with Gasteiger partial charge in [0.25, 0.3) is 5.69 Å². The van der Waals surface area contributed by atoms with Crippen molar-refractivity contribution in [3.8, 4) is 12.1 Å². The van der Waals surface area contributed by atoms with Gasteiger partial charge in [0.15, 0.2) is 0 Å². The minimum absolute atomic E-state index is 0.0979. The fraction of sp³-hybridized carbons (Fsp3) is 0.533. The van der Waals surface area contributed by atoms with Crippen LogP contribution in [0.15, 0.2) is 36.4 Å². The van der Waals surface area contributed by atoms with Gasteiger partial charge in [0.2, 0.25) is 0 Å². The smallest absolute Gasteiger partial charge is 0.289 e. The summed E-state index contributed by atoms with van der Waals surface area (Å²) in [5.41, 5.74) is 2.35. The average Bonchev–Trinajstić information content (AvgIpc) is 2.98. The number of benzene rings is 2. The highest BCUT2D eigenvalue weighted by atomic mass is 35.5. The molecule has 0 heterocycles. The van der Waals surface area contributed by atoms with E-state index in [1.807, 2.05) is 32.0 Å². The molecule has 0 amide bonds. The van der Waals surface area contributed by atoms with Crippen molar-refractivity contribution in [2.75, 3.05) is 55.9 Å². The Balaban J connectivity index is 0.000000280. The summed E-state index contributed by atoms with van der Waals surface area (Å²) in [6, 6.07) is 14.7. The fourth-order valence-electron chi connectivity index (χ4n) is 4.81. The van der Waals surface area contributed by atoms with Gasteiger partial charge in [0.05, 0.1) is 40.5 Å². The first kappa shape index (κ1) is 32.8. The Morgan fingerprint density at radius 2 is 1.62 bits per heavy atom. The molecule has 1 aliphatic rings. The SMILES string of the molecule is CCN(c1ccc(C#N)c([N+](=O)[O-])c1)C1CCCCC1.CCOCCN(CCOCC)c1ccc(C#N)cc1Cl. The van der Waals surface area contributed by atoms with Crippen LogP contribution in [0.1, 0.15) is 64.0 Å². The largest absolute Gasteiger partial charge is 0.380 e. The maximum absolute atomic E-state index is 11.1. The molecule has 0 N–H and O–H groups in total. The second-order valence-corrected chi connectivity index (χ2v) is 9.71. The van der Waals surface area contributed by atoms with Gasteiger partial charge in [-0.05, 0) is 63.9 Å². The molecule has 0 unspecified atom stereocenters. The Morgan fingerprint density at radius 1 is 0.975 bits per heavy atom. The average molecular weight is 570 g/mol. The quantitative estimate of drug-likeness (QED) is 0.148. The molecule has 3 rings (SSSR count). The van der Waals surface area contributed by atoms with E-state index >= 15 is 0 Å². The summed E-state index contributed by atoms with van der Waals surface area (Å²) < 4.78 is 10.8. The second kappa shape index (κ2) is 18.1. The maximum atomic E-state index is 11.1. The predicted molar refractivity (Wildman–Crippen MR) is 159 cm³/mol. The van der Waals surface area contributed by atoms with E-state index in [9.17, 15) is 10.1 Å². The van der Waals surface area contributed by atoms with Crippen molar-refractivity contribution in [3.63, 3.8) is 0 Å². The molecule has 1 fully saturated rings. The highest BCUT2D eigenvalue weighted by Gasteiger charge is 2.23. The van der Waals surface area contributed by atoms with Crippen molar-refractivity contribution in [2.45, 2.75) is 58.9 Å². The van der Waals surface area contributed by atoms with Gasteiger partial charge in [0, 0.05) is 50.6 Å². The molecule has 2 aromatic carbocycles. The van der Waals surface area contributed by atoms with Crippen molar-refractivity contribution in [1.82, 2.24) is 0 Å². The Kier molecular flexibility index (Phi) is 14.8. The van der Waals surface area contributed by atoms with E-state index in [2.05, 4.69) is 22.8 Å². The monoisotopic (exact) mass is 569 g/mol. The van der Waals surface area contributed by atoms with Gasteiger partial charge in [-0.3, -0.25) is 10.1 Å². The van der Waals surface area contributed by atoms with Gasteiger partial charge < -0.3 is 19.3 Å². The number of hydrogen-bond donors (Lipinski definition) is 0. The van der Waals surface area contributed by atoms with E-state index < -0.39 is 4.92 Å². The third-order valence-electron chi connectivity index (χ3n) is 6.82. The summed E-state index contributed by atoms with van der Waals surface area (Å²) in [5, 5.41) is 29.4.